The summed E-state index contributed by atoms with van der Waals surface area (Å²) in [7, 11) is 1.96. The number of hydrazone groups is 1. The predicted molar refractivity (Wildman–Crippen MR) is 112 cm³/mol. The molecule has 6 heteroatoms. The van der Waals surface area contributed by atoms with Crippen molar-refractivity contribution in [1.82, 2.24) is 20.6 Å². The highest BCUT2D eigenvalue weighted by Gasteiger charge is 2.10. The maximum atomic E-state index is 5.90. The van der Waals surface area contributed by atoms with E-state index >= 15 is 0 Å². The van der Waals surface area contributed by atoms with Crippen molar-refractivity contribution in [2.45, 2.75) is 25.9 Å². The quantitative estimate of drug-likeness (QED) is 0.608. The van der Waals surface area contributed by atoms with Crippen molar-refractivity contribution in [1.29, 1.82) is 0 Å². The first-order chi connectivity index (χ1) is 13.8. The smallest absolute Gasteiger partial charge is 0.130 e. The Labute approximate surface area is 165 Å². The van der Waals surface area contributed by atoms with Crippen LogP contribution in [0.4, 0.5) is 0 Å². The number of aromatic nitrogens is 1. The molecule has 0 amide bonds. The Bertz CT molecular complexity index is 941. The number of nitrogens with one attached hydrogen (secondary N) is 1. The van der Waals surface area contributed by atoms with Gasteiger partial charge in [0.25, 0.3) is 0 Å². The zero-order valence-electron chi connectivity index (χ0n) is 16.1. The number of aryl methyl sites for hydroxylation is 1. The van der Waals surface area contributed by atoms with Crippen LogP contribution < -0.4 is 10.3 Å². The van der Waals surface area contributed by atoms with Gasteiger partial charge < -0.3 is 4.74 Å². The summed E-state index contributed by atoms with van der Waals surface area (Å²) in [6.45, 7) is 1.44. The van der Waals surface area contributed by atoms with Crippen molar-refractivity contribution in [2.24, 2.45) is 5.10 Å². The highest BCUT2D eigenvalue weighted by Crippen LogP contribution is 2.17. The minimum absolute atomic E-state index is 0.475. The van der Waals surface area contributed by atoms with Crippen LogP contribution in [0.2, 0.25) is 0 Å². The molecule has 1 aliphatic rings. The Balaban J connectivity index is 1.23. The number of pyridine rings is 1. The van der Waals surface area contributed by atoms with Gasteiger partial charge in [-0.25, -0.2) is 10.5 Å². The molecule has 0 unspecified atom stereocenters. The zero-order chi connectivity index (χ0) is 19.2. The molecule has 1 aliphatic heterocycles. The van der Waals surface area contributed by atoms with Crippen molar-refractivity contribution in [3.63, 3.8) is 0 Å². The molecule has 4 rings (SSSR count). The third kappa shape index (κ3) is 4.58. The van der Waals surface area contributed by atoms with Crippen LogP contribution in [0, 0.1) is 0 Å². The van der Waals surface area contributed by atoms with Crippen LogP contribution in [0.5, 0.6) is 5.75 Å². The lowest BCUT2D eigenvalue weighted by atomic mass is 10.1. The van der Waals surface area contributed by atoms with E-state index in [0.717, 1.165) is 48.2 Å². The lowest BCUT2D eigenvalue weighted by Gasteiger charge is -2.22. The first-order valence-corrected chi connectivity index (χ1v) is 9.63. The summed E-state index contributed by atoms with van der Waals surface area (Å²) in [6.07, 6.45) is 5.13. The van der Waals surface area contributed by atoms with Crippen molar-refractivity contribution in [2.75, 3.05) is 13.6 Å². The topological polar surface area (TPSA) is 53.0 Å². The third-order valence-corrected chi connectivity index (χ3v) is 4.85. The van der Waals surface area contributed by atoms with Gasteiger partial charge in [-0.1, -0.05) is 36.4 Å². The van der Waals surface area contributed by atoms with Gasteiger partial charge in [-0.3, -0.25) is 5.01 Å². The summed E-state index contributed by atoms with van der Waals surface area (Å²) in [5.74, 6) is 0.875. The molecule has 0 atom stereocenters. The van der Waals surface area contributed by atoms with Crippen LogP contribution in [0.3, 0.4) is 0 Å². The van der Waals surface area contributed by atoms with Crippen LogP contribution in [0.25, 0.3) is 10.9 Å². The molecule has 0 bridgehead atoms. The van der Waals surface area contributed by atoms with Gasteiger partial charge >= 0.3 is 0 Å². The van der Waals surface area contributed by atoms with Gasteiger partial charge in [0.05, 0.1) is 11.2 Å². The van der Waals surface area contributed by atoms with Gasteiger partial charge in [-0.15, -0.1) is 5.12 Å². The molecule has 28 heavy (non-hydrogen) atoms. The van der Waals surface area contributed by atoms with Gasteiger partial charge in [0, 0.05) is 19.0 Å². The van der Waals surface area contributed by atoms with E-state index in [-0.39, 0.29) is 0 Å². The summed E-state index contributed by atoms with van der Waals surface area (Å²) in [5.41, 5.74) is 6.15. The Hall–Kier alpha value is -3.12. The van der Waals surface area contributed by atoms with Crippen LogP contribution >= 0.6 is 0 Å². The second-order valence-corrected chi connectivity index (χ2v) is 6.92. The van der Waals surface area contributed by atoms with Crippen LogP contribution in [-0.4, -0.2) is 35.0 Å². The molecular formula is C22H25N5O. The molecule has 6 nitrogen and oxygen atoms in total. The number of hydrogen-bond acceptors (Lipinski definition) is 6. The summed E-state index contributed by atoms with van der Waals surface area (Å²) >= 11 is 0. The van der Waals surface area contributed by atoms with E-state index in [0.29, 0.717) is 6.61 Å². The predicted octanol–water partition coefficient (Wildman–Crippen LogP) is 3.75. The monoisotopic (exact) mass is 375 g/mol. The number of rotatable bonds is 8. The minimum atomic E-state index is 0.475. The first kappa shape index (κ1) is 18.3. The number of benzene rings is 2. The maximum Gasteiger partial charge on any atom is 0.130 e. The van der Waals surface area contributed by atoms with Gasteiger partial charge in [0.2, 0.25) is 0 Å². The molecule has 0 fully saturated rings. The average Bonchev–Trinajstić information content (AvgIpc) is 3.15. The number of ether oxygens (including phenoxy) is 1. The number of hydrogen-bond donors (Lipinski definition) is 1. The fourth-order valence-electron chi connectivity index (χ4n) is 3.22. The van der Waals surface area contributed by atoms with Gasteiger partial charge in [0.15, 0.2) is 0 Å². The molecule has 1 N–H and O–H groups in total. The van der Waals surface area contributed by atoms with Gasteiger partial charge in [0.1, 0.15) is 18.7 Å². The van der Waals surface area contributed by atoms with E-state index in [9.17, 15) is 0 Å². The Kier molecular flexibility index (Phi) is 5.68. The van der Waals surface area contributed by atoms with E-state index in [4.69, 9.17) is 4.74 Å². The lowest BCUT2D eigenvalue weighted by Crippen LogP contribution is -2.39. The SMILES string of the molecule is CN1NN=CN1CCCCc1ccc(OCc2ccc3ccccc3n2)cc1. The van der Waals surface area contributed by atoms with E-state index in [1.54, 1.807) is 0 Å². The zero-order valence-corrected chi connectivity index (χ0v) is 16.1. The fraction of sp³-hybridized carbons (Fsp3) is 0.273. The van der Waals surface area contributed by atoms with E-state index in [2.05, 4.69) is 44.9 Å². The molecule has 0 saturated heterocycles. The Morgan fingerprint density at radius 2 is 1.82 bits per heavy atom. The fourth-order valence-corrected chi connectivity index (χ4v) is 3.22. The molecule has 2 aromatic carbocycles. The number of hydrazine groups is 2. The standard InChI is InChI=1S/C22H25N5O/c1-26-25-23-17-27(26)15-5-4-6-18-9-13-21(14-10-18)28-16-20-12-11-19-7-2-3-8-22(19)24-20/h2-3,7-14,17,25H,4-6,15-16H2,1H3. The van der Waals surface area contributed by atoms with Crippen molar-refractivity contribution < 1.29 is 4.74 Å². The van der Waals surface area contributed by atoms with Crippen molar-refractivity contribution in [3.05, 3.63) is 71.9 Å². The Morgan fingerprint density at radius 1 is 0.964 bits per heavy atom. The third-order valence-electron chi connectivity index (χ3n) is 4.85. The lowest BCUT2D eigenvalue weighted by molar-refractivity contribution is 0.0498. The highest BCUT2D eigenvalue weighted by molar-refractivity contribution is 5.78. The average molecular weight is 375 g/mol. The molecule has 1 aromatic heterocycles. The van der Waals surface area contributed by atoms with Crippen molar-refractivity contribution >= 4 is 17.2 Å². The molecule has 144 valence electrons. The molecular weight excluding hydrogens is 350 g/mol. The normalized spacial score (nSPS) is 13.8. The van der Waals surface area contributed by atoms with E-state index in [1.165, 1.54) is 5.56 Å². The summed E-state index contributed by atoms with van der Waals surface area (Å²) in [4.78, 5) is 4.65. The second-order valence-electron chi connectivity index (χ2n) is 6.92. The second kappa shape index (κ2) is 8.71. The molecule has 0 aliphatic carbocycles. The number of nitrogens with zero attached hydrogens (tertiary/aromatic N) is 4. The molecule has 0 radical (unpaired) electrons. The van der Waals surface area contributed by atoms with E-state index < -0.39 is 0 Å². The molecule has 3 aromatic rings. The number of para-hydroxylation sites is 1. The largest absolute Gasteiger partial charge is 0.487 e. The summed E-state index contributed by atoms with van der Waals surface area (Å²) in [6, 6.07) is 20.6. The van der Waals surface area contributed by atoms with Crippen LogP contribution in [0.15, 0.2) is 65.8 Å². The maximum absolute atomic E-state index is 5.90. The number of unbranched alkanes of at least 4 members (excludes halogenated alkanes) is 1. The van der Waals surface area contributed by atoms with Crippen LogP contribution in [-0.2, 0) is 13.0 Å². The molecule has 2 heterocycles. The van der Waals surface area contributed by atoms with Gasteiger partial charge in [-0.05, 0) is 49.1 Å². The van der Waals surface area contributed by atoms with Crippen molar-refractivity contribution in [3.8, 4) is 5.75 Å². The van der Waals surface area contributed by atoms with Gasteiger partial charge in [-0.2, -0.15) is 5.10 Å². The highest BCUT2D eigenvalue weighted by atomic mass is 16.5. The summed E-state index contributed by atoms with van der Waals surface area (Å²) < 4.78 is 5.90. The minimum Gasteiger partial charge on any atom is -0.487 e. The molecule has 0 saturated carbocycles. The van der Waals surface area contributed by atoms with E-state index in [1.807, 2.05) is 54.9 Å². The molecule has 0 spiro atoms. The number of fused-ring (bicyclic) bond motifs is 1. The first-order valence-electron chi connectivity index (χ1n) is 9.63. The Morgan fingerprint density at radius 3 is 2.64 bits per heavy atom. The van der Waals surface area contributed by atoms with Crippen LogP contribution in [0.1, 0.15) is 24.1 Å². The summed E-state index contributed by atoms with van der Waals surface area (Å²) in [5, 5.41) is 9.11.